The van der Waals surface area contributed by atoms with Gasteiger partial charge < -0.3 is 11.1 Å². The number of carbonyl (C=O) groups is 1. The number of aryl methyl sites for hydroxylation is 1. The first kappa shape index (κ1) is 11.1. The van der Waals surface area contributed by atoms with E-state index in [2.05, 4.69) is 27.4 Å². The van der Waals surface area contributed by atoms with E-state index in [4.69, 9.17) is 5.73 Å². The minimum absolute atomic E-state index is 0.190. The molecular weight excluding hydrogens is 206 g/mol. The predicted molar refractivity (Wildman–Crippen MR) is 58.8 cm³/mol. The van der Waals surface area contributed by atoms with Crippen molar-refractivity contribution in [3.05, 3.63) is 11.6 Å². The summed E-state index contributed by atoms with van der Waals surface area (Å²) in [7, 11) is 0. The molecule has 4 N–H and O–H groups in total. The van der Waals surface area contributed by atoms with Gasteiger partial charge in [0, 0.05) is 18.5 Å². The Kier molecular flexibility index (Phi) is 3.19. The van der Waals surface area contributed by atoms with Gasteiger partial charge in [-0.15, -0.1) is 5.10 Å². The van der Waals surface area contributed by atoms with Crippen molar-refractivity contribution < 1.29 is 4.79 Å². The summed E-state index contributed by atoms with van der Waals surface area (Å²) < 4.78 is 0. The molecule has 1 saturated carbocycles. The monoisotopic (exact) mass is 223 g/mol. The van der Waals surface area contributed by atoms with Crippen LogP contribution in [0.25, 0.3) is 0 Å². The molecule has 1 aromatic rings. The zero-order chi connectivity index (χ0) is 11.5. The number of nitrogens with two attached hydrogens (primary N) is 1. The molecule has 6 heteroatoms. The molecular formula is C10H17N5O. The molecule has 88 valence electrons. The molecule has 0 aromatic carbocycles. The van der Waals surface area contributed by atoms with Crippen molar-refractivity contribution in [2.75, 3.05) is 0 Å². The summed E-state index contributed by atoms with van der Waals surface area (Å²) in [6.07, 6.45) is 3.48. The van der Waals surface area contributed by atoms with Crippen molar-refractivity contribution >= 4 is 5.91 Å². The smallest absolute Gasteiger partial charge is 0.291 e. The molecule has 6 nitrogen and oxygen atoms in total. The molecule has 0 aliphatic heterocycles. The Labute approximate surface area is 94.0 Å². The van der Waals surface area contributed by atoms with Gasteiger partial charge in [-0.25, -0.2) is 4.98 Å². The van der Waals surface area contributed by atoms with E-state index in [1.165, 1.54) is 0 Å². The van der Waals surface area contributed by atoms with E-state index in [0.717, 1.165) is 31.5 Å². The third kappa shape index (κ3) is 2.38. The molecule has 1 aliphatic rings. The quantitative estimate of drug-likeness (QED) is 0.668. The highest BCUT2D eigenvalue weighted by Crippen LogP contribution is 2.17. The van der Waals surface area contributed by atoms with Crippen LogP contribution in [0.3, 0.4) is 0 Å². The Bertz CT molecular complexity index is 369. The van der Waals surface area contributed by atoms with Crippen LogP contribution in [-0.2, 0) is 6.42 Å². The zero-order valence-corrected chi connectivity index (χ0v) is 9.36. The van der Waals surface area contributed by atoms with Gasteiger partial charge in [0.05, 0.1) is 0 Å². The number of carbonyl (C=O) groups excluding carboxylic acids is 1. The van der Waals surface area contributed by atoms with E-state index in [-0.39, 0.29) is 23.8 Å². The fourth-order valence-electron chi connectivity index (χ4n) is 1.78. The molecule has 0 spiro atoms. The van der Waals surface area contributed by atoms with Gasteiger partial charge in [0.15, 0.2) is 0 Å². The van der Waals surface area contributed by atoms with Gasteiger partial charge in [0.25, 0.3) is 5.91 Å². The van der Waals surface area contributed by atoms with Crippen LogP contribution in [0.4, 0.5) is 0 Å². The molecule has 0 atom stereocenters. The zero-order valence-electron chi connectivity index (χ0n) is 9.36. The average Bonchev–Trinajstić information content (AvgIpc) is 2.64. The third-order valence-electron chi connectivity index (χ3n) is 2.73. The summed E-state index contributed by atoms with van der Waals surface area (Å²) >= 11 is 0. The van der Waals surface area contributed by atoms with Crippen molar-refractivity contribution in [2.45, 2.75) is 44.7 Å². The molecule has 2 rings (SSSR count). The number of hydrogen-bond donors (Lipinski definition) is 3. The fourth-order valence-corrected chi connectivity index (χ4v) is 1.78. The summed E-state index contributed by atoms with van der Waals surface area (Å²) in [5.74, 6) is 0.775. The van der Waals surface area contributed by atoms with Gasteiger partial charge in [-0.05, 0) is 19.3 Å². The maximum Gasteiger partial charge on any atom is 0.291 e. The molecule has 16 heavy (non-hydrogen) atoms. The van der Waals surface area contributed by atoms with Crippen molar-refractivity contribution in [1.29, 1.82) is 0 Å². The van der Waals surface area contributed by atoms with Crippen molar-refractivity contribution in [2.24, 2.45) is 5.73 Å². The predicted octanol–water partition coefficient (Wildman–Crippen LogP) is -0.0233. The first-order valence-corrected chi connectivity index (χ1v) is 5.66. The minimum Gasteiger partial charge on any atom is -0.346 e. The lowest BCUT2D eigenvalue weighted by atomic mass is 9.88. The standard InChI is InChI=1S/C10H17N5O/c1-2-3-8-13-9(15-14-8)10(16)12-7-4-6(11)5-7/h6-7H,2-5,11H2,1H3,(H,12,16)(H,13,14,15). The lowest BCUT2D eigenvalue weighted by Gasteiger charge is -2.32. The van der Waals surface area contributed by atoms with Crippen LogP contribution in [0, 0.1) is 0 Å². The fraction of sp³-hybridized carbons (Fsp3) is 0.700. The van der Waals surface area contributed by atoms with Gasteiger partial charge in [0.2, 0.25) is 5.82 Å². The molecule has 1 amide bonds. The summed E-state index contributed by atoms with van der Waals surface area (Å²) in [6.45, 7) is 2.05. The Hall–Kier alpha value is -1.43. The topological polar surface area (TPSA) is 96.7 Å². The second kappa shape index (κ2) is 4.61. The van der Waals surface area contributed by atoms with Crippen molar-refractivity contribution in [3.8, 4) is 0 Å². The van der Waals surface area contributed by atoms with E-state index in [0.29, 0.717) is 0 Å². The second-order valence-corrected chi connectivity index (χ2v) is 4.26. The SMILES string of the molecule is CCCc1nc(C(=O)NC2CC(N)C2)n[nH]1. The van der Waals surface area contributed by atoms with Crippen molar-refractivity contribution in [3.63, 3.8) is 0 Å². The lowest BCUT2D eigenvalue weighted by molar-refractivity contribution is 0.0900. The van der Waals surface area contributed by atoms with Gasteiger partial charge in [-0.3, -0.25) is 9.89 Å². The van der Waals surface area contributed by atoms with E-state index < -0.39 is 0 Å². The Morgan fingerprint density at radius 3 is 3.00 bits per heavy atom. The van der Waals surface area contributed by atoms with Gasteiger partial charge in [0.1, 0.15) is 5.82 Å². The summed E-state index contributed by atoms with van der Waals surface area (Å²) in [4.78, 5) is 15.8. The molecule has 0 bridgehead atoms. The highest BCUT2D eigenvalue weighted by Gasteiger charge is 2.28. The summed E-state index contributed by atoms with van der Waals surface area (Å²) in [6, 6.07) is 0.420. The Balaban J connectivity index is 1.88. The Morgan fingerprint density at radius 1 is 1.62 bits per heavy atom. The minimum atomic E-state index is -0.212. The van der Waals surface area contributed by atoms with Gasteiger partial charge >= 0.3 is 0 Å². The molecule has 1 aromatic heterocycles. The number of nitrogens with one attached hydrogen (secondary N) is 2. The number of H-pyrrole nitrogens is 1. The number of rotatable bonds is 4. The number of hydrogen-bond acceptors (Lipinski definition) is 4. The molecule has 1 aliphatic carbocycles. The maximum absolute atomic E-state index is 11.7. The highest BCUT2D eigenvalue weighted by molar-refractivity contribution is 5.90. The molecule has 0 unspecified atom stereocenters. The van der Waals surface area contributed by atoms with E-state index in [1.54, 1.807) is 0 Å². The first-order valence-electron chi connectivity index (χ1n) is 5.66. The summed E-state index contributed by atoms with van der Waals surface area (Å²) in [5, 5.41) is 9.50. The summed E-state index contributed by atoms with van der Waals surface area (Å²) in [5.41, 5.74) is 5.64. The Morgan fingerprint density at radius 2 is 2.38 bits per heavy atom. The van der Waals surface area contributed by atoms with E-state index in [1.807, 2.05) is 0 Å². The normalized spacial score (nSPS) is 23.9. The third-order valence-corrected chi connectivity index (χ3v) is 2.73. The molecule has 0 saturated heterocycles. The molecule has 0 radical (unpaired) electrons. The van der Waals surface area contributed by atoms with Crippen LogP contribution in [0.15, 0.2) is 0 Å². The average molecular weight is 223 g/mol. The first-order chi connectivity index (χ1) is 7.69. The number of aromatic amines is 1. The van der Waals surface area contributed by atoms with Crippen LogP contribution in [0.2, 0.25) is 0 Å². The highest BCUT2D eigenvalue weighted by atomic mass is 16.2. The number of nitrogens with zero attached hydrogens (tertiary/aromatic N) is 2. The maximum atomic E-state index is 11.7. The van der Waals surface area contributed by atoms with Crippen LogP contribution < -0.4 is 11.1 Å². The lowest BCUT2D eigenvalue weighted by Crippen LogP contribution is -2.50. The van der Waals surface area contributed by atoms with E-state index >= 15 is 0 Å². The van der Waals surface area contributed by atoms with Crippen molar-refractivity contribution in [1.82, 2.24) is 20.5 Å². The van der Waals surface area contributed by atoms with Crippen LogP contribution in [-0.4, -0.2) is 33.2 Å². The van der Waals surface area contributed by atoms with Crippen LogP contribution in [0.1, 0.15) is 42.6 Å². The number of amides is 1. The van der Waals surface area contributed by atoms with Gasteiger partial charge in [-0.2, -0.15) is 0 Å². The van der Waals surface area contributed by atoms with Crippen LogP contribution in [0.5, 0.6) is 0 Å². The van der Waals surface area contributed by atoms with Crippen LogP contribution >= 0.6 is 0 Å². The number of aromatic nitrogens is 3. The molecule has 1 heterocycles. The molecule has 1 fully saturated rings. The largest absolute Gasteiger partial charge is 0.346 e. The second-order valence-electron chi connectivity index (χ2n) is 4.26. The van der Waals surface area contributed by atoms with Gasteiger partial charge in [-0.1, -0.05) is 6.92 Å². The van der Waals surface area contributed by atoms with E-state index in [9.17, 15) is 4.79 Å².